The van der Waals surface area contributed by atoms with Gasteiger partial charge in [0.2, 0.25) is 5.91 Å². The molecule has 1 amide bonds. The summed E-state index contributed by atoms with van der Waals surface area (Å²) in [7, 11) is 0. The predicted octanol–water partition coefficient (Wildman–Crippen LogP) is 1.09. The van der Waals surface area contributed by atoms with Crippen LogP contribution in [0, 0.1) is 12.3 Å². The highest BCUT2D eigenvalue weighted by atomic mass is 35.5. The van der Waals surface area contributed by atoms with Gasteiger partial charge in [-0.1, -0.05) is 6.07 Å². The smallest absolute Gasteiger partial charge is 0.232 e. The molecule has 1 saturated heterocycles. The van der Waals surface area contributed by atoms with E-state index in [-0.39, 0.29) is 18.3 Å². The number of aromatic nitrogens is 4. The van der Waals surface area contributed by atoms with Crippen molar-refractivity contribution in [1.29, 1.82) is 0 Å². The summed E-state index contributed by atoms with van der Waals surface area (Å²) in [5.41, 5.74) is 7.85. The van der Waals surface area contributed by atoms with Gasteiger partial charge in [0.1, 0.15) is 6.33 Å². The Kier molecular flexibility index (Phi) is 5.87. The molecular formula is C15H21ClN6O2. The van der Waals surface area contributed by atoms with Gasteiger partial charge in [-0.15, -0.1) is 17.5 Å². The molecule has 24 heavy (non-hydrogen) atoms. The highest BCUT2D eigenvalue weighted by Crippen LogP contribution is 2.31. The van der Waals surface area contributed by atoms with E-state index in [4.69, 9.17) is 10.5 Å². The molecule has 0 bridgehead atoms. The lowest BCUT2D eigenvalue weighted by atomic mass is 9.79. The molecule has 0 saturated carbocycles. The predicted molar refractivity (Wildman–Crippen MR) is 91.3 cm³/mol. The third kappa shape index (κ3) is 3.55. The number of carbonyl (C=O) groups excluding carboxylic acids is 1. The fraction of sp³-hybridized carbons (Fsp3) is 0.467. The standard InChI is InChI=1S/C15H20N6O2.ClH/c1-11-2-3-12(8-13(11)21-10-17-19-20-21)18-14(22)15(9-16)4-6-23-7-5-15;/h2-3,8,10H,4-7,9,16H2,1H3,(H,18,22);1H. The number of ether oxygens (including phenoxy) is 1. The first-order valence-corrected chi connectivity index (χ1v) is 7.58. The molecule has 2 heterocycles. The summed E-state index contributed by atoms with van der Waals surface area (Å²) in [5, 5.41) is 14.2. The van der Waals surface area contributed by atoms with Crippen LogP contribution in [0.4, 0.5) is 5.69 Å². The molecule has 130 valence electrons. The van der Waals surface area contributed by atoms with E-state index in [1.54, 1.807) is 4.68 Å². The number of nitrogens with two attached hydrogens (primary N) is 1. The Balaban J connectivity index is 0.00000208. The first kappa shape index (κ1) is 18.3. The van der Waals surface area contributed by atoms with Crippen molar-refractivity contribution >= 4 is 24.0 Å². The number of hydrogen-bond donors (Lipinski definition) is 2. The van der Waals surface area contributed by atoms with Gasteiger partial charge in [-0.3, -0.25) is 4.79 Å². The van der Waals surface area contributed by atoms with E-state index in [2.05, 4.69) is 20.8 Å². The average molecular weight is 353 g/mol. The molecule has 0 radical (unpaired) electrons. The number of carbonyl (C=O) groups is 1. The van der Waals surface area contributed by atoms with Crippen molar-refractivity contribution in [3.8, 4) is 5.69 Å². The molecule has 8 nitrogen and oxygen atoms in total. The van der Waals surface area contributed by atoms with E-state index in [0.29, 0.717) is 38.3 Å². The van der Waals surface area contributed by atoms with Gasteiger partial charge in [-0.2, -0.15) is 0 Å². The lowest BCUT2D eigenvalue weighted by Crippen LogP contribution is -2.46. The second kappa shape index (κ2) is 7.69. The fourth-order valence-electron chi connectivity index (χ4n) is 2.76. The van der Waals surface area contributed by atoms with Gasteiger partial charge in [-0.25, -0.2) is 4.68 Å². The van der Waals surface area contributed by atoms with Crippen molar-refractivity contribution in [1.82, 2.24) is 20.2 Å². The van der Waals surface area contributed by atoms with Gasteiger partial charge < -0.3 is 15.8 Å². The van der Waals surface area contributed by atoms with E-state index in [1.807, 2.05) is 25.1 Å². The zero-order valence-electron chi connectivity index (χ0n) is 13.4. The van der Waals surface area contributed by atoms with Gasteiger partial charge in [0.25, 0.3) is 0 Å². The quantitative estimate of drug-likeness (QED) is 0.852. The van der Waals surface area contributed by atoms with Crippen molar-refractivity contribution in [2.45, 2.75) is 19.8 Å². The van der Waals surface area contributed by atoms with Crippen molar-refractivity contribution in [2.75, 3.05) is 25.1 Å². The topological polar surface area (TPSA) is 108 Å². The zero-order chi connectivity index (χ0) is 16.3. The third-order valence-corrected chi connectivity index (χ3v) is 4.39. The van der Waals surface area contributed by atoms with Crippen LogP contribution in [-0.2, 0) is 9.53 Å². The number of tetrazole rings is 1. The normalized spacial score (nSPS) is 16.2. The second-order valence-corrected chi connectivity index (χ2v) is 5.81. The van der Waals surface area contributed by atoms with E-state index in [0.717, 1.165) is 11.3 Å². The Morgan fingerprint density at radius 1 is 1.42 bits per heavy atom. The van der Waals surface area contributed by atoms with Crippen LogP contribution in [0.5, 0.6) is 0 Å². The van der Waals surface area contributed by atoms with Crippen LogP contribution in [0.15, 0.2) is 24.5 Å². The largest absolute Gasteiger partial charge is 0.381 e. The maximum Gasteiger partial charge on any atom is 0.232 e. The molecule has 3 rings (SSSR count). The first-order chi connectivity index (χ1) is 11.1. The molecule has 3 N–H and O–H groups in total. The molecule has 0 aliphatic carbocycles. The Labute approximate surface area is 146 Å². The average Bonchev–Trinajstić information content (AvgIpc) is 3.11. The van der Waals surface area contributed by atoms with Crippen LogP contribution in [-0.4, -0.2) is 45.9 Å². The van der Waals surface area contributed by atoms with Gasteiger partial charge >= 0.3 is 0 Å². The van der Waals surface area contributed by atoms with E-state index in [9.17, 15) is 4.79 Å². The maximum absolute atomic E-state index is 12.7. The lowest BCUT2D eigenvalue weighted by Gasteiger charge is -2.34. The number of nitrogens with one attached hydrogen (secondary N) is 1. The highest BCUT2D eigenvalue weighted by molar-refractivity contribution is 5.95. The van der Waals surface area contributed by atoms with E-state index in [1.165, 1.54) is 6.33 Å². The number of benzene rings is 1. The SMILES string of the molecule is Cc1ccc(NC(=O)C2(CN)CCOCC2)cc1-n1cnnn1.Cl. The summed E-state index contributed by atoms with van der Waals surface area (Å²) in [6.45, 7) is 3.40. The summed E-state index contributed by atoms with van der Waals surface area (Å²) in [5.74, 6) is -0.0604. The van der Waals surface area contributed by atoms with Gasteiger partial charge in [0, 0.05) is 25.4 Å². The molecular weight excluding hydrogens is 332 g/mol. The van der Waals surface area contributed by atoms with Crippen molar-refractivity contribution in [2.24, 2.45) is 11.1 Å². The second-order valence-electron chi connectivity index (χ2n) is 5.81. The van der Waals surface area contributed by atoms with Crippen molar-refractivity contribution in [3.63, 3.8) is 0 Å². The monoisotopic (exact) mass is 352 g/mol. The lowest BCUT2D eigenvalue weighted by molar-refractivity contribution is -0.130. The van der Waals surface area contributed by atoms with Crippen LogP contribution in [0.25, 0.3) is 5.69 Å². The summed E-state index contributed by atoms with van der Waals surface area (Å²) < 4.78 is 6.92. The molecule has 2 aromatic rings. The summed E-state index contributed by atoms with van der Waals surface area (Å²) in [6.07, 6.45) is 2.80. The molecule has 9 heteroatoms. The third-order valence-electron chi connectivity index (χ3n) is 4.39. The number of hydrogen-bond acceptors (Lipinski definition) is 6. The summed E-state index contributed by atoms with van der Waals surface area (Å²) >= 11 is 0. The van der Waals surface area contributed by atoms with Gasteiger partial charge in [0.05, 0.1) is 11.1 Å². The molecule has 0 atom stereocenters. The molecule has 1 aliphatic heterocycles. The number of aryl methyl sites for hydroxylation is 1. The zero-order valence-corrected chi connectivity index (χ0v) is 14.3. The molecule has 0 spiro atoms. The minimum Gasteiger partial charge on any atom is -0.381 e. The fourth-order valence-corrected chi connectivity index (χ4v) is 2.76. The van der Waals surface area contributed by atoms with Crippen molar-refractivity contribution in [3.05, 3.63) is 30.1 Å². The van der Waals surface area contributed by atoms with Crippen LogP contribution in [0.2, 0.25) is 0 Å². The van der Waals surface area contributed by atoms with Crippen molar-refractivity contribution < 1.29 is 9.53 Å². The number of amides is 1. The van der Waals surface area contributed by atoms with E-state index >= 15 is 0 Å². The van der Waals surface area contributed by atoms with Crippen LogP contribution >= 0.6 is 12.4 Å². The van der Waals surface area contributed by atoms with Gasteiger partial charge in [0.15, 0.2) is 0 Å². The van der Waals surface area contributed by atoms with Crippen LogP contribution in [0.1, 0.15) is 18.4 Å². The molecule has 1 aliphatic rings. The van der Waals surface area contributed by atoms with Crippen LogP contribution < -0.4 is 11.1 Å². The molecule has 1 fully saturated rings. The minimum atomic E-state index is -0.557. The molecule has 1 aromatic heterocycles. The first-order valence-electron chi connectivity index (χ1n) is 7.58. The highest BCUT2D eigenvalue weighted by Gasteiger charge is 2.38. The van der Waals surface area contributed by atoms with Gasteiger partial charge in [-0.05, 0) is 47.9 Å². The minimum absolute atomic E-state index is 0. The number of nitrogens with zero attached hydrogens (tertiary/aromatic N) is 4. The Hall–Kier alpha value is -2.03. The summed E-state index contributed by atoms with van der Waals surface area (Å²) in [6, 6.07) is 5.64. The summed E-state index contributed by atoms with van der Waals surface area (Å²) in [4.78, 5) is 12.7. The number of rotatable bonds is 4. The Morgan fingerprint density at radius 2 is 2.17 bits per heavy atom. The number of halogens is 1. The maximum atomic E-state index is 12.7. The molecule has 0 unspecified atom stereocenters. The molecule has 1 aromatic carbocycles. The Bertz CT molecular complexity index is 685. The number of anilines is 1. The van der Waals surface area contributed by atoms with E-state index < -0.39 is 5.41 Å². The van der Waals surface area contributed by atoms with Crippen LogP contribution in [0.3, 0.4) is 0 Å². The Morgan fingerprint density at radius 3 is 2.79 bits per heavy atom.